The van der Waals surface area contributed by atoms with Crippen LogP contribution in [-0.2, 0) is 14.3 Å². The molecule has 1 aliphatic rings. The third-order valence-electron chi connectivity index (χ3n) is 3.90. The molecule has 0 radical (unpaired) electrons. The lowest BCUT2D eigenvalue weighted by Gasteiger charge is -2.21. The van der Waals surface area contributed by atoms with E-state index in [4.69, 9.17) is 4.74 Å². The summed E-state index contributed by atoms with van der Waals surface area (Å²) < 4.78 is 5.39. The second-order valence-corrected chi connectivity index (χ2v) is 5.85. The number of rotatable bonds is 1. The van der Waals surface area contributed by atoms with E-state index >= 15 is 0 Å². The minimum atomic E-state index is -0.298. The molecule has 2 atom stereocenters. The number of esters is 1. The van der Waals surface area contributed by atoms with Gasteiger partial charge in [0, 0.05) is 6.42 Å². The Kier molecular flexibility index (Phi) is 5.75. The van der Waals surface area contributed by atoms with Crippen LogP contribution in [0, 0.1) is 5.92 Å². The van der Waals surface area contributed by atoms with E-state index in [-0.39, 0.29) is 30.4 Å². The highest BCUT2D eigenvalue weighted by Crippen LogP contribution is 2.17. The molecule has 0 fully saturated rings. The number of allylic oxidation sites excluding steroid dienone is 2. The molecule has 0 aliphatic carbocycles. The van der Waals surface area contributed by atoms with Gasteiger partial charge in [-0.05, 0) is 25.3 Å². The Morgan fingerprint density at radius 3 is 2.59 bits per heavy atom. The average Bonchev–Trinajstić information content (AvgIpc) is 2.54. The van der Waals surface area contributed by atoms with Crippen molar-refractivity contribution in [3.8, 4) is 0 Å². The van der Waals surface area contributed by atoms with Gasteiger partial charge in [0.2, 0.25) is 5.91 Å². The number of cyclic esters (lactones) is 1. The van der Waals surface area contributed by atoms with Gasteiger partial charge in [0.05, 0.1) is 12.0 Å². The van der Waals surface area contributed by atoms with E-state index in [1.54, 1.807) is 0 Å². The molecule has 0 spiro atoms. The lowest BCUT2D eigenvalue weighted by molar-refractivity contribution is -0.149. The molecule has 0 aromatic heterocycles. The first-order chi connectivity index (χ1) is 10.6. The molecule has 118 valence electrons. The number of amides is 1. The molecule has 1 aliphatic heterocycles. The standard InChI is InChI=1S/C18H23NO3/c1-13-8-10-14(2)18(21)22-12-16(19-17(20)11-9-13)15-6-4-3-5-7-15/h3-8,14,16H,9-12H2,1-2H3,(H,19,20)/t14-,16+/m1/s1. The van der Waals surface area contributed by atoms with Crippen LogP contribution >= 0.6 is 0 Å². The molecule has 4 nitrogen and oxygen atoms in total. The molecule has 0 saturated heterocycles. The predicted molar refractivity (Wildman–Crippen MR) is 85.1 cm³/mol. The maximum atomic E-state index is 12.1. The smallest absolute Gasteiger partial charge is 0.309 e. The van der Waals surface area contributed by atoms with Crippen LogP contribution in [0.15, 0.2) is 42.0 Å². The number of nitrogens with one attached hydrogen (secondary N) is 1. The normalized spacial score (nSPS) is 24.4. The summed E-state index contributed by atoms with van der Waals surface area (Å²) in [5.41, 5.74) is 2.08. The van der Waals surface area contributed by atoms with Crippen molar-refractivity contribution in [2.45, 2.75) is 39.2 Å². The van der Waals surface area contributed by atoms with Crippen LogP contribution < -0.4 is 5.32 Å². The van der Waals surface area contributed by atoms with Gasteiger partial charge < -0.3 is 10.1 Å². The van der Waals surface area contributed by atoms with E-state index in [2.05, 4.69) is 5.32 Å². The average molecular weight is 301 g/mol. The summed E-state index contributed by atoms with van der Waals surface area (Å²) in [5.74, 6) is -0.410. The van der Waals surface area contributed by atoms with Gasteiger partial charge in [0.25, 0.3) is 0 Å². The SMILES string of the molecule is CC1=CC[C@@H](C)C(=O)OC[C@@H](c2ccccc2)NC(=O)CC1. The van der Waals surface area contributed by atoms with Crippen LogP contribution in [0.1, 0.15) is 44.7 Å². The molecule has 4 heteroatoms. The number of ether oxygens (including phenoxy) is 1. The van der Waals surface area contributed by atoms with Crippen molar-refractivity contribution < 1.29 is 14.3 Å². The van der Waals surface area contributed by atoms with E-state index in [1.165, 1.54) is 0 Å². The number of hydrogen-bond donors (Lipinski definition) is 1. The highest BCUT2D eigenvalue weighted by molar-refractivity contribution is 5.77. The maximum absolute atomic E-state index is 12.1. The zero-order chi connectivity index (χ0) is 15.9. The molecule has 0 bridgehead atoms. The topological polar surface area (TPSA) is 55.4 Å². The first-order valence-electron chi connectivity index (χ1n) is 7.73. The molecule has 1 aromatic rings. The number of hydrogen-bond acceptors (Lipinski definition) is 3. The number of carbonyl (C=O) groups excluding carboxylic acids is 2. The molecular formula is C18H23NO3. The van der Waals surface area contributed by atoms with Gasteiger partial charge in [-0.25, -0.2) is 0 Å². The van der Waals surface area contributed by atoms with Gasteiger partial charge in [0.15, 0.2) is 0 Å². The summed E-state index contributed by atoms with van der Waals surface area (Å²) in [4.78, 5) is 24.1. The van der Waals surface area contributed by atoms with E-state index in [9.17, 15) is 9.59 Å². The lowest BCUT2D eigenvalue weighted by Crippen LogP contribution is -2.33. The van der Waals surface area contributed by atoms with Crippen molar-refractivity contribution in [2.75, 3.05) is 6.61 Å². The fourth-order valence-electron chi connectivity index (χ4n) is 2.37. The first kappa shape index (κ1) is 16.3. The number of carbonyl (C=O) groups is 2. The molecule has 0 saturated carbocycles. The summed E-state index contributed by atoms with van der Waals surface area (Å²) in [6, 6.07) is 9.30. The summed E-state index contributed by atoms with van der Waals surface area (Å²) in [6.45, 7) is 4.03. The van der Waals surface area contributed by atoms with Crippen LogP contribution in [0.4, 0.5) is 0 Å². The molecule has 2 rings (SSSR count). The van der Waals surface area contributed by atoms with Crippen molar-refractivity contribution in [2.24, 2.45) is 5.92 Å². The predicted octanol–water partition coefficient (Wildman–Crippen LogP) is 3.15. The second kappa shape index (κ2) is 7.78. The Labute approximate surface area is 131 Å². The fourth-order valence-corrected chi connectivity index (χ4v) is 2.37. The van der Waals surface area contributed by atoms with Crippen LogP contribution in [0.25, 0.3) is 0 Å². The highest BCUT2D eigenvalue weighted by Gasteiger charge is 2.20. The minimum absolute atomic E-state index is 0.0220. The minimum Gasteiger partial charge on any atom is -0.463 e. The maximum Gasteiger partial charge on any atom is 0.309 e. The largest absolute Gasteiger partial charge is 0.463 e. The van der Waals surface area contributed by atoms with Crippen molar-refractivity contribution >= 4 is 11.9 Å². The van der Waals surface area contributed by atoms with Crippen LogP contribution in [0.3, 0.4) is 0 Å². The number of benzene rings is 1. The monoisotopic (exact) mass is 301 g/mol. The van der Waals surface area contributed by atoms with E-state index < -0.39 is 0 Å². The zero-order valence-corrected chi connectivity index (χ0v) is 13.2. The first-order valence-corrected chi connectivity index (χ1v) is 7.73. The van der Waals surface area contributed by atoms with Crippen LogP contribution in [0.2, 0.25) is 0 Å². The van der Waals surface area contributed by atoms with Crippen molar-refractivity contribution in [3.05, 3.63) is 47.5 Å². The van der Waals surface area contributed by atoms with E-state index in [0.717, 1.165) is 17.6 Å². The van der Waals surface area contributed by atoms with Crippen LogP contribution in [-0.4, -0.2) is 18.5 Å². The summed E-state index contributed by atoms with van der Waals surface area (Å²) in [6.07, 6.45) is 3.85. The second-order valence-electron chi connectivity index (χ2n) is 5.85. The van der Waals surface area contributed by atoms with Crippen molar-refractivity contribution in [1.82, 2.24) is 5.32 Å². The molecular weight excluding hydrogens is 278 g/mol. The third-order valence-corrected chi connectivity index (χ3v) is 3.90. The summed E-state index contributed by atoms with van der Waals surface area (Å²) in [5, 5.41) is 2.96. The zero-order valence-electron chi connectivity index (χ0n) is 13.2. The Bertz CT molecular complexity index is 551. The van der Waals surface area contributed by atoms with Gasteiger partial charge in [-0.2, -0.15) is 0 Å². The molecule has 22 heavy (non-hydrogen) atoms. The Morgan fingerprint density at radius 1 is 1.14 bits per heavy atom. The van der Waals surface area contributed by atoms with Gasteiger partial charge in [-0.3, -0.25) is 9.59 Å². The molecule has 1 aromatic carbocycles. The van der Waals surface area contributed by atoms with Gasteiger partial charge in [-0.15, -0.1) is 0 Å². The Hall–Kier alpha value is -2.10. The molecule has 1 N–H and O–H groups in total. The summed E-state index contributed by atoms with van der Waals surface area (Å²) >= 11 is 0. The molecule has 1 amide bonds. The van der Waals surface area contributed by atoms with E-state index in [0.29, 0.717) is 12.8 Å². The highest BCUT2D eigenvalue weighted by atomic mass is 16.5. The third kappa shape index (κ3) is 4.72. The fraction of sp³-hybridized carbons (Fsp3) is 0.444. The quantitative estimate of drug-likeness (QED) is 0.640. The van der Waals surface area contributed by atoms with Gasteiger partial charge >= 0.3 is 5.97 Å². The summed E-state index contributed by atoms with van der Waals surface area (Å²) in [7, 11) is 0. The Balaban J connectivity index is 2.16. The Morgan fingerprint density at radius 2 is 1.86 bits per heavy atom. The van der Waals surface area contributed by atoms with Crippen molar-refractivity contribution in [3.63, 3.8) is 0 Å². The van der Waals surface area contributed by atoms with Gasteiger partial charge in [-0.1, -0.05) is 48.9 Å². The molecule has 1 heterocycles. The van der Waals surface area contributed by atoms with Crippen LogP contribution in [0.5, 0.6) is 0 Å². The molecule has 0 unspecified atom stereocenters. The van der Waals surface area contributed by atoms with E-state index in [1.807, 2.05) is 50.3 Å². The van der Waals surface area contributed by atoms with Crippen molar-refractivity contribution in [1.29, 1.82) is 0 Å². The lowest BCUT2D eigenvalue weighted by atomic mass is 10.0. The van der Waals surface area contributed by atoms with Gasteiger partial charge in [0.1, 0.15) is 6.61 Å².